The summed E-state index contributed by atoms with van der Waals surface area (Å²) in [5.41, 5.74) is 7.70. The molecule has 0 amide bonds. The molecular weight excluding hydrogens is 188 g/mol. The van der Waals surface area contributed by atoms with Gasteiger partial charge in [-0.25, -0.2) is 0 Å². The third kappa shape index (κ3) is 3.27. The molecule has 0 saturated heterocycles. The summed E-state index contributed by atoms with van der Waals surface area (Å²) in [6.45, 7) is 7.72. The average Bonchev–Trinajstić information content (AvgIpc) is 2.05. The van der Waals surface area contributed by atoms with Crippen molar-refractivity contribution in [2.45, 2.75) is 33.2 Å². The number of hydrogen-bond acceptors (Lipinski definition) is 3. The highest BCUT2D eigenvalue weighted by molar-refractivity contribution is 6.00. The zero-order chi connectivity index (χ0) is 11.6. The van der Waals surface area contributed by atoms with Crippen molar-refractivity contribution >= 4 is 17.2 Å². The molecule has 0 atom stereocenters. The van der Waals surface area contributed by atoms with E-state index < -0.39 is 0 Å². The van der Waals surface area contributed by atoms with Gasteiger partial charge in [0.05, 0.1) is 0 Å². The Kier molecular flexibility index (Phi) is 3.03. The molecule has 0 aromatic heterocycles. The van der Waals surface area contributed by atoms with Crippen molar-refractivity contribution in [2.24, 2.45) is 0 Å². The minimum absolute atomic E-state index is 0.00920. The van der Waals surface area contributed by atoms with Gasteiger partial charge in [0.15, 0.2) is 5.78 Å². The molecule has 0 bridgehead atoms. The summed E-state index contributed by atoms with van der Waals surface area (Å²) in [4.78, 5) is 11.3. The molecule has 1 aromatic carbocycles. The van der Waals surface area contributed by atoms with E-state index in [1.807, 2.05) is 6.07 Å². The van der Waals surface area contributed by atoms with E-state index in [4.69, 9.17) is 5.73 Å². The molecule has 0 heterocycles. The first kappa shape index (κ1) is 11.6. The van der Waals surface area contributed by atoms with E-state index in [1.165, 1.54) is 6.92 Å². The molecule has 82 valence electrons. The zero-order valence-corrected chi connectivity index (χ0v) is 9.72. The largest absolute Gasteiger partial charge is 0.398 e. The van der Waals surface area contributed by atoms with Gasteiger partial charge in [-0.2, -0.15) is 0 Å². The van der Waals surface area contributed by atoms with E-state index in [1.54, 1.807) is 12.1 Å². The number of nitrogens with one attached hydrogen (secondary N) is 1. The van der Waals surface area contributed by atoms with Gasteiger partial charge in [-0.05, 0) is 45.9 Å². The molecule has 3 heteroatoms. The number of nitrogens with two attached hydrogens (primary N) is 1. The van der Waals surface area contributed by atoms with Crippen molar-refractivity contribution in [3.8, 4) is 0 Å². The number of rotatable bonds is 2. The van der Waals surface area contributed by atoms with Crippen LogP contribution in [0.4, 0.5) is 11.4 Å². The predicted molar refractivity (Wildman–Crippen MR) is 64.2 cm³/mol. The number of ketones is 1. The lowest BCUT2D eigenvalue weighted by molar-refractivity contribution is 0.101. The van der Waals surface area contributed by atoms with Crippen LogP contribution in [0, 0.1) is 0 Å². The van der Waals surface area contributed by atoms with Gasteiger partial charge in [0, 0.05) is 22.5 Å². The van der Waals surface area contributed by atoms with Crippen LogP contribution >= 0.6 is 0 Å². The van der Waals surface area contributed by atoms with Crippen LogP contribution in [0.15, 0.2) is 18.2 Å². The molecule has 0 radical (unpaired) electrons. The molecule has 0 spiro atoms. The lowest BCUT2D eigenvalue weighted by atomic mass is 10.1. The van der Waals surface area contributed by atoms with Crippen molar-refractivity contribution in [1.29, 1.82) is 0 Å². The minimum atomic E-state index is -0.0236. The minimum Gasteiger partial charge on any atom is -0.398 e. The fourth-order valence-corrected chi connectivity index (χ4v) is 1.37. The second-order valence-electron chi connectivity index (χ2n) is 4.73. The summed E-state index contributed by atoms with van der Waals surface area (Å²) >= 11 is 0. The van der Waals surface area contributed by atoms with Gasteiger partial charge in [0.2, 0.25) is 0 Å². The summed E-state index contributed by atoms with van der Waals surface area (Å²) in [6.07, 6.45) is 0. The predicted octanol–water partition coefficient (Wildman–Crippen LogP) is 2.68. The SMILES string of the molecule is CC(=O)c1cc(NC(C)(C)C)ccc1N. The highest BCUT2D eigenvalue weighted by atomic mass is 16.1. The number of nitrogen functional groups attached to an aromatic ring is 1. The van der Waals surface area contributed by atoms with Gasteiger partial charge in [-0.3, -0.25) is 4.79 Å². The number of anilines is 2. The van der Waals surface area contributed by atoms with Gasteiger partial charge in [-0.15, -0.1) is 0 Å². The first-order valence-corrected chi connectivity index (χ1v) is 4.98. The van der Waals surface area contributed by atoms with Crippen LogP contribution in [0.3, 0.4) is 0 Å². The fraction of sp³-hybridized carbons (Fsp3) is 0.417. The number of hydrogen-bond donors (Lipinski definition) is 2. The van der Waals surface area contributed by atoms with Gasteiger partial charge in [0.25, 0.3) is 0 Å². The van der Waals surface area contributed by atoms with Crippen molar-refractivity contribution < 1.29 is 4.79 Å². The topological polar surface area (TPSA) is 55.1 Å². The quantitative estimate of drug-likeness (QED) is 0.577. The van der Waals surface area contributed by atoms with Crippen molar-refractivity contribution in [1.82, 2.24) is 0 Å². The van der Waals surface area contributed by atoms with Crippen LogP contribution in [0.25, 0.3) is 0 Å². The second-order valence-corrected chi connectivity index (χ2v) is 4.73. The fourth-order valence-electron chi connectivity index (χ4n) is 1.37. The Morgan fingerprint density at radius 2 is 1.93 bits per heavy atom. The Hall–Kier alpha value is -1.51. The van der Waals surface area contributed by atoms with Crippen molar-refractivity contribution in [3.05, 3.63) is 23.8 Å². The van der Waals surface area contributed by atoms with E-state index in [2.05, 4.69) is 26.1 Å². The third-order valence-electron chi connectivity index (χ3n) is 1.95. The van der Waals surface area contributed by atoms with E-state index in [0.29, 0.717) is 11.3 Å². The smallest absolute Gasteiger partial charge is 0.161 e. The lowest BCUT2D eigenvalue weighted by Crippen LogP contribution is -2.26. The van der Waals surface area contributed by atoms with Gasteiger partial charge in [-0.1, -0.05) is 0 Å². The van der Waals surface area contributed by atoms with E-state index >= 15 is 0 Å². The molecular formula is C12H18N2O. The maximum atomic E-state index is 11.3. The van der Waals surface area contributed by atoms with Crippen LogP contribution in [0.5, 0.6) is 0 Å². The maximum absolute atomic E-state index is 11.3. The van der Waals surface area contributed by atoms with Crippen LogP contribution in [0.1, 0.15) is 38.1 Å². The Morgan fingerprint density at radius 3 is 2.40 bits per heavy atom. The van der Waals surface area contributed by atoms with Gasteiger partial charge >= 0.3 is 0 Å². The lowest BCUT2D eigenvalue weighted by Gasteiger charge is -2.22. The maximum Gasteiger partial charge on any atom is 0.161 e. The third-order valence-corrected chi connectivity index (χ3v) is 1.95. The second kappa shape index (κ2) is 3.93. The zero-order valence-electron chi connectivity index (χ0n) is 9.72. The molecule has 0 aliphatic carbocycles. The average molecular weight is 206 g/mol. The molecule has 0 aliphatic rings. The van der Waals surface area contributed by atoms with Crippen LogP contribution < -0.4 is 11.1 Å². The van der Waals surface area contributed by atoms with E-state index in [9.17, 15) is 4.79 Å². The normalized spacial score (nSPS) is 11.2. The highest BCUT2D eigenvalue weighted by Gasteiger charge is 2.11. The van der Waals surface area contributed by atoms with Gasteiger partial charge < -0.3 is 11.1 Å². The number of benzene rings is 1. The van der Waals surface area contributed by atoms with E-state index in [-0.39, 0.29) is 11.3 Å². The Morgan fingerprint density at radius 1 is 1.33 bits per heavy atom. The van der Waals surface area contributed by atoms with Crippen LogP contribution in [-0.2, 0) is 0 Å². The summed E-state index contributed by atoms with van der Waals surface area (Å²) in [6, 6.07) is 5.43. The molecule has 0 fully saturated rings. The number of Topliss-reactive ketones (excluding diaryl/α,β-unsaturated/α-hetero) is 1. The molecule has 1 rings (SSSR count). The Balaban J connectivity index is 3.03. The molecule has 0 saturated carbocycles. The van der Waals surface area contributed by atoms with Gasteiger partial charge in [0.1, 0.15) is 0 Å². The first-order chi connectivity index (χ1) is 6.79. The first-order valence-electron chi connectivity index (χ1n) is 4.98. The number of carbonyl (C=O) groups is 1. The summed E-state index contributed by atoms with van der Waals surface area (Å²) in [7, 11) is 0. The summed E-state index contributed by atoms with van der Waals surface area (Å²) in [5, 5.41) is 3.30. The number of carbonyl (C=O) groups excluding carboxylic acids is 1. The summed E-state index contributed by atoms with van der Waals surface area (Å²) < 4.78 is 0. The monoisotopic (exact) mass is 206 g/mol. The Bertz CT molecular complexity index is 378. The summed E-state index contributed by atoms with van der Waals surface area (Å²) in [5.74, 6) is -0.00920. The van der Waals surface area contributed by atoms with E-state index in [0.717, 1.165) is 5.69 Å². The molecule has 3 nitrogen and oxygen atoms in total. The molecule has 1 aromatic rings. The standard InChI is InChI=1S/C12H18N2O/c1-8(15)10-7-9(5-6-11(10)13)14-12(2,3)4/h5-7,14H,13H2,1-4H3. The molecule has 15 heavy (non-hydrogen) atoms. The Labute approximate surface area is 90.7 Å². The highest BCUT2D eigenvalue weighted by Crippen LogP contribution is 2.21. The molecule has 3 N–H and O–H groups in total. The van der Waals surface area contributed by atoms with Crippen molar-refractivity contribution in [3.63, 3.8) is 0 Å². The van der Waals surface area contributed by atoms with Crippen LogP contribution in [0.2, 0.25) is 0 Å². The molecule has 0 unspecified atom stereocenters. The van der Waals surface area contributed by atoms with Crippen LogP contribution in [-0.4, -0.2) is 11.3 Å². The van der Waals surface area contributed by atoms with Crippen molar-refractivity contribution in [2.75, 3.05) is 11.1 Å². The molecule has 0 aliphatic heterocycles.